The van der Waals surface area contributed by atoms with Crippen LogP contribution in [0, 0.1) is 27.8 Å². The maximum Gasteiger partial charge on any atom is 0.416 e. The molecule has 0 aliphatic carbocycles. The lowest BCUT2D eigenvalue weighted by atomic mass is 9.87. The predicted octanol–water partition coefficient (Wildman–Crippen LogP) is 6.77. The molecule has 10 heteroatoms. The number of nitrogens with zero attached hydrogens (tertiary/aromatic N) is 3. The average Bonchev–Trinajstić information content (AvgIpc) is 3.30. The van der Waals surface area contributed by atoms with Crippen LogP contribution in [0.3, 0.4) is 0 Å². The molecule has 0 aromatic heterocycles. The minimum absolute atomic E-state index is 0.0190. The number of benzene rings is 3. The van der Waals surface area contributed by atoms with Crippen molar-refractivity contribution in [3.05, 3.63) is 111 Å². The Morgan fingerprint density at radius 2 is 1.75 bits per heavy atom. The van der Waals surface area contributed by atoms with Crippen molar-refractivity contribution in [2.45, 2.75) is 32.5 Å². The first-order valence-electron chi connectivity index (χ1n) is 13.1. The molecule has 212 valence electrons. The van der Waals surface area contributed by atoms with Gasteiger partial charge in [-0.15, -0.1) is 0 Å². The largest absolute Gasteiger partial charge is 0.416 e. The number of rotatable bonds is 9. The molecule has 1 fully saturated rings. The van der Waals surface area contributed by atoms with E-state index < -0.39 is 22.5 Å². The van der Waals surface area contributed by atoms with Gasteiger partial charge in [-0.25, -0.2) is 4.39 Å². The number of halogens is 4. The molecule has 4 rings (SSSR count). The van der Waals surface area contributed by atoms with Crippen molar-refractivity contribution in [2.24, 2.45) is 11.8 Å². The van der Waals surface area contributed by atoms with E-state index in [1.165, 1.54) is 36.4 Å². The molecule has 0 N–H and O–H groups in total. The maximum absolute atomic E-state index is 13.6. The fourth-order valence-corrected chi connectivity index (χ4v) is 5.40. The Morgan fingerprint density at radius 3 is 2.40 bits per heavy atom. The van der Waals surface area contributed by atoms with Crippen molar-refractivity contribution < 1.29 is 27.3 Å². The van der Waals surface area contributed by atoms with Gasteiger partial charge in [-0.1, -0.05) is 50.2 Å². The minimum atomic E-state index is -4.50. The number of likely N-dealkylation sites (tertiary alicyclic amines) is 1. The maximum atomic E-state index is 13.6. The van der Waals surface area contributed by atoms with Crippen LogP contribution < -0.4 is 0 Å². The zero-order valence-corrected chi connectivity index (χ0v) is 22.3. The van der Waals surface area contributed by atoms with Gasteiger partial charge in [0.2, 0.25) is 0 Å². The molecule has 0 radical (unpaired) electrons. The van der Waals surface area contributed by atoms with Gasteiger partial charge < -0.3 is 4.90 Å². The van der Waals surface area contributed by atoms with Gasteiger partial charge in [0.15, 0.2) is 0 Å². The number of alkyl halides is 3. The van der Waals surface area contributed by atoms with E-state index in [-0.39, 0.29) is 42.4 Å². The second-order valence-corrected chi connectivity index (χ2v) is 10.7. The molecule has 0 spiro atoms. The summed E-state index contributed by atoms with van der Waals surface area (Å²) in [6.45, 7) is 5.65. The van der Waals surface area contributed by atoms with Gasteiger partial charge in [-0.3, -0.25) is 19.8 Å². The molecule has 1 aliphatic rings. The third kappa shape index (κ3) is 7.04. The monoisotopic (exact) mass is 557 g/mol. The summed E-state index contributed by atoms with van der Waals surface area (Å²) in [4.78, 5) is 28.3. The highest BCUT2D eigenvalue weighted by Gasteiger charge is 2.38. The third-order valence-electron chi connectivity index (χ3n) is 7.16. The van der Waals surface area contributed by atoms with E-state index in [0.29, 0.717) is 36.3 Å². The lowest BCUT2D eigenvalue weighted by Gasteiger charge is -2.30. The summed E-state index contributed by atoms with van der Waals surface area (Å²) in [5.41, 5.74) is 0.574. The van der Waals surface area contributed by atoms with Gasteiger partial charge in [0.05, 0.1) is 10.5 Å². The number of carbonyl (C=O) groups is 1. The number of carbonyl (C=O) groups excluding carboxylic acids is 1. The summed E-state index contributed by atoms with van der Waals surface area (Å²) in [5.74, 6) is -1.22. The fraction of sp³-hybridized carbons (Fsp3) is 0.367. The molecule has 2 atom stereocenters. The lowest BCUT2D eigenvalue weighted by Crippen LogP contribution is -2.39. The standard InChI is InChI=1S/C30H31F4N3O3/c1-20(2)15-36(29(38)21-10-12-26(31)13-11-21)18-24-17-35(16-23-6-3-4-9-28(23)37(39)40)19-27(24)22-7-5-8-25(14-22)30(32,33)34/h3-14,20,24,27H,15-19H2,1-2H3. The van der Waals surface area contributed by atoms with Gasteiger partial charge in [-0.2, -0.15) is 13.2 Å². The van der Waals surface area contributed by atoms with E-state index in [1.807, 2.05) is 18.7 Å². The molecular formula is C30H31F4N3O3. The summed E-state index contributed by atoms with van der Waals surface area (Å²) in [6.07, 6.45) is -4.50. The first-order chi connectivity index (χ1) is 18.9. The van der Waals surface area contributed by atoms with E-state index in [1.54, 1.807) is 29.2 Å². The highest BCUT2D eigenvalue weighted by Crippen LogP contribution is 2.38. The summed E-state index contributed by atoms with van der Waals surface area (Å²) in [7, 11) is 0. The van der Waals surface area contributed by atoms with Crippen LogP contribution in [0.4, 0.5) is 23.2 Å². The minimum Gasteiger partial charge on any atom is -0.338 e. The van der Waals surface area contributed by atoms with Crippen molar-refractivity contribution in [3.63, 3.8) is 0 Å². The van der Waals surface area contributed by atoms with Crippen LogP contribution in [0.5, 0.6) is 0 Å². The summed E-state index contributed by atoms with van der Waals surface area (Å²) < 4.78 is 54.2. The Morgan fingerprint density at radius 1 is 1.05 bits per heavy atom. The number of nitro groups is 1. The number of nitro benzene ring substituents is 1. The molecule has 1 heterocycles. The summed E-state index contributed by atoms with van der Waals surface area (Å²) in [6, 6.07) is 16.9. The van der Waals surface area contributed by atoms with Gasteiger partial charge in [0, 0.05) is 55.8 Å². The Labute approximate surface area is 230 Å². The molecular weight excluding hydrogens is 526 g/mol. The van der Waals surface area contributed by atoms with E-state index in [2.05, 4.69) is 0 Å². The van der Waals surface area contributed by atoms with Crippen LogP contribution in [-0.4, -0.2) is 46.8 Å². The topological polar surface area (TPSA) is 66.7 Å². The molecule has 40 heavy (non-hydrogen) atoms. The van der Waals surface area contributed by atoms with Crippen molar-refractivity contribution in [1.82, 2.24) is 9.80 Å². The molecule has 0 bridgehead atoms. The van der Waals surface area contributed by atoms with Gasteiger partial charge in [-0.05, 0) is 47.7 Å². The van der Waals surface area contributed by atoms with Gasteiger partial charge in [0.25, 0.3) is 11.6 Å². The molecule has 1 aliphatic heterocycles. The van der Waals surface area contributed by atoms with Crippen LogP contribution in [0.1, 0.15) is 46.8 Å². The average molecular weight is 558 g/mol. The third-order valence-corrected chi connectivity index (χ3v) is 7.16. The first-order valence-corrected chi connectivity index (χ1v) is 13.1. The van der Waals surface area contributed by atoms with Crippen LogP contribution in [-0.2, 0) is 12.7 Å². The Kier molecular flexibility index (Phi) is 8.88. The Balaban J connectivity index is 1.66. The van der Waals surface area contributed by atoms with Crippen molar-refractivity contribution in [1.29, 1.82) is 0 Å². The fourth-order valence-electron chi connectivity index (χ4n) is 5.40. The molecule has 1 saturated heterocycles. The number of amides is 1. The van der Waals surface area contributed by atoms with Crippen LogP contribution in [0.15, 0.2) is 72.8 Å². The van der Waals surface area contributed by atoms with Crippen molar-refractivity contribution >= 4 is 11.6 Å². The van der Waals surface area contributed by atoms with Gasteiger partial charge >= 0.3 is 6.18 Å². The molecule has 3 aromatic carbocycles. The van der Waals surface area contributed by atoms with E-state index in [9.17, 15) is 32.5 Å². The normalized spacial score (nSPS) is 17.8. The van der Waals surface area contributed by atoms with E-state index in [0.717, 1.165) is 12.1 Å². The van der Waals surface area contributed by atoms with Crippen LogP contribution in [0.25, 0.3) is 0 Å². The quantitative estimate of drug-likeness (QED) is 0.166. The number of hydrogen-bond donors (Lipinski definition) is 0. The lowest BCUT2D eigenvalue weighted by molar-refractivity contribution is -0.385. The predicted molar refractivity (Wildman–Crippen MR) is 143 cm³/mol. The number of para-hydroxylation sites is 1. The second-order valence-electron chi connectivity index (χ2n) is 10.7. The molecule has 3 aromatic rings. The van der Waals surface area contributed by atoms with Crippen LogP contribution >= 0.6 is 0 Å². The molecule has 2 unspecified atom stereocenters. The number of hydrogen-bond acceptors (Lipinski definition) is 4. The SMILES string of the molecule is CC(C)CN(CC1CN(Cc2ccccc2[N+](=O)[O-])CC1c1cccc(C(F)(F)F)c1)C(=O)c1ccc(F)cc1. The van der Waals surface area contributed by atoms with Gasteiger partial charge in [0.1, 0.15) is 5.82 Å². The van der Waals surface area contributed by atoms with E-state index >= 15 is 0 Å². The molecule has 0 saturated carbocycles. The van der Waals surface area contributed by atoms with Crippen LogP contribution in [0.2, 0.25) is 0 Å². The molecule has 6 nitrogen and oxygen atoms in total. The smallest absolute Gasteiger partial charge is 0.338 e. The van der Waals surface area contributed by atoms with Crippen molar-refractivity contribution in [2.75, 3.05) is 26.2 Å². The highest BCUT2D eigenvalue weighted by atomic mass is 19.4. The zero-order valence-electron chi connectivity index (χ0n) is 22.3. The summed E-state index contributed by atoms with van der Waals surface area (Å²) in [5, 5.41) is 11.6. The first kappa shape index (κ1) is 29.2. The van der Waals surface area contributed by atoms with E-state index in [4.69, 9.17) is 0 Å². The molecule has 1 amide bonds. The van der Waals surface area contributed by atoms with Crippen molar-refractivity contribution in [3.8, 4) is 0 Å². The second kappa shape index (κ2) is 12.2. The Hall–Kier alpha value is -3.79. The Bertz CT molecular complexity index is 1340. The summed E-state index contributed by atoms with van der Waals surface area (Å²) >= 11 is 0. The highest BCUT2D eigenvalue weighted by molar-refractivity contribution is 5.94. The zero-order chi connectivity index (χ0) is 29.0.